The molecule has 0 atom stereocenters. The van der Waals surface area contributed by atoms with Crippen molar-refractivity contribution in [2.45, 2.75) is 0 Å². The lowest BCUT2D eigenvalue weighted by Crippen LogP contribution is -2.28. The molecule has 0 bridgehead atoms. The molecule has 0 aliphatic rings. The Kier molecular flexibility index (Phi) is 3.75. The van der Waals surface area contributed by atoms with Gasteiger partial charge in [0.15, 0.2) is 5.78 Å². The van der Waals surface area contributed by atoms with E-state index in [0.717, 1.165) is 0 Å². The van der Waals surface area contributed by atoms with E-state index < -0.39 is 11.8 Å². The van der Waals surface area contributed by atoms with Crippen LogP contribution in [-0.2, 0) is 4.79 Å². The number of carboxylic acids is 1. The van der Waals surface area contributed by atoms with Crippen molar-refractivity contribution in [3.8, 4) is 5.75 Å². The number of aromatic nitrogens is 1. The maximum atomic E-state index is 11.4. The first-order valence-corrected chi connectivity index (χ1v) is 4.21. The molecule has 1 aromatic rings. The lowest BCUT2D eigenvalue weighted by Gasteiger charge is -2.02. The third kappa shape index (κ3) is 3.35. The van der Waals surface area contributed by atoms with Crippen molar-refractivity contribution in [1.29, 1.82) is 0 Å². The number of ketones is 1. The Bertz CT molecular complexity index is 378. The van der Waals surface area contributed by atoms with Crippen molar-refractivity contribution in [2.75, 3.05) is 13.1 Å². The standard InChI is InChI=1S/C9H10N2O4/c12-6-2-1-3-11-9(6)7(13)4-10-5-8(14)15/h1-3,10,12H,4-5H2,(H,14,15). The molecule has 1 rings (SSSR count). The molecule has 6 heteroatoms. The lowest BCUT2D eigenvalue weighted by molar-refractivity contribution is -0.135. The van der Waals surface area contributed by atoms with Crippen LogP contribution in [0.2, 0.25) is 0 Å². The highest BCUT2D eigenvalue weighted by molar-refractivity contribution is 5.98. The van der Waals surface area contributed by atoms with E-state index in [9.17, 15) is 14.7 Å². The number of aliphatic carboxylic acids is 1. The van der Waals surface area contributed by atoms with Gasteiger partial charge in [-0.05, 0) is 12.1 Å². The molecule has 1 aromatic heterocycles. The summed E-state index contributed by atoms with van der Waals surface area (Å²) < 4.78 is 0. The minimum absolute atomic E-state index is 0.0598. The zero-order valence-electron chi connectivity index (χ0n) is 7.80. The minimum Gasteiger partial charge on any atom is -0.506 e. The molecule has 0 spiro atoms. The Morgan fingerprint density at radius 1 is 1.40 bits per heavy atom. The van der Waals surface area contributed by atoms with Crippen LogP contribution in [0.4, 0.5) is 0 Å². The van der Waals surface area contributed by atoms with E-state index in [4.69, 9.17) is 5.11 Å². The summed E-state index contributed by atoms with van der Waals surface area (Å²) in [6.07, 6.45) is 1.38. The number of aromatic hydroxyl groups is 1. The molecule has 6 nitrogen and oxygen atoms in total. The molecule has 1 heterocycles. The first-order valence-electron chi connectivity index (χ1n) is 4.21. The number of hydrogen-bond acceptors (Lipinski definition) is 5. The number of pyridine rings is 1. The summed E-state index contributed by atoms with van der Waals surface area (Å²) in [5.74, 6) is -1.71. The molecular weight excluding hydrogens is 200 g/mol. The highest BCUT2D eigenvalue weighted by Gasteiger charge is 2.11. The maximum absolute atomic E-state index is 11.4. The van der Waals surface area contributed by atoms with Crippen molar-refractivity contribution < 1.29 is 19.8 Å². The van der Waals surface area contributed by atoms with Gasteiger partial charge in [-0.1, -0.05) is 0 Å². The Morgan fingerprint density at radius 3 is 2.73 bits per heavy atom. The summed E-state index contributed by atoms with van der Waals surface area (Å²) in [7, 11) is 0. The Balaban J connectivity index is 2.54. The Hall–Kier alpha value is -1.95. The van der Waals surface area contributed by atoms with E-state index in [1.807, 2.05) is 0 Å². The van der Waals surface area contributed by atoms with E-state index in [2.05, 4.69) is 10.3 Å². The van der Waals surface area contributed by atoms with Gasteiger partial charge < -0.3 is 10.2 Å². The molecule has 0 unspecified atom stereocenters. The second kappa shape index (κ2) is 5.06. The van der Waals surface area contributed by atoms with Crippen molar-refractivity contribution in [2.24, 2.45) is 0 Å². The van der Waals surface area contributed by atoms with Crippen LogP contribution in [0.3, 0.4) is 0 Å². The fourth-order valence-electron chi connectivity index (χ4n) is 0.978. The highest BCUT2D eigenvalue weighted by Crippen LogP contribution is 2.12. The predicted octanol–water partition coefficient (Wildman–Crippen LogP) is -0.356. The van der Waals surface area contributed by atoms with Gasteiger partial charge >= 0.3 is 5.97 Å². The highest BCUT2D eigenvalue weighted by atomic mass is 16.4. The molecule has 0 radical (unpaired) electrons. The van der Waals surface area contributed by atoms with E-state index in [0.29, 0.717) is 0 Å². The number of carboxylic acid groups (broad SMARTS) is 1. The average Bonchev–Trinajstić information content (AvgIpc) is 2.17. The Labute approximate surface area is 85.6 Å². The normalized spacial score (nSPS) is 9.87. The molecule has 3 N–H and O–H groups in total. The number of hydrogen-bond donors (Lipinski definition) is 3. The average molecular weight is 210 g/mol. The zero-order valence-corrected chi connectivity index (χ0v) is 7.80. The quantitative estimate of drug-likeness (QED) is 0.574. The summed E-state index contributed by atoms with van der Waals surface area (Å²) >= 11 is 0. The first-order chi connectivity index (χ1) is 7.11. The molecule has 15 heavy (non-hydrogen) atoms. The fraction of sp³-hybridized carbons (Fsp3) is 0.222. The Morgan fingerprint density at radius 2 is 2.13 bits per heavy atom. The van der Waals surface area contributed by atoms with Crippen LogP contribution in [-0.4, -0.2) is 40.0 Å². The summed E-state index contributed by atoms with van der Waals surface area (Å²) in [6, 6.07) is 2.84. The van der Waals surface area contributed by atoms with Gasteiger partial charge in [-0.2, -0.15) is 0 Å². The van der Waals surface area contributed by atoms with E-state index in [-0.39, 0.29) is 24.5 Å². The van der Waals surface area contributed by atoms with Crippen molar-refractivity contribution in [3.05, 3.63) is 24.0 Å². The monoisotopic (exact) mass is 210 g/mol. The fourth-order valence-corrected chi connectivity index (χ4v) is 0.978. The maximum Gasteiger partial charge on any atom is 0.317 e. The topological polar surface area (TPSA) is 99.5 Å². The van der Waals surface area contributed by atoms with Gasteiger partial charge in [0.1, 0.15) is 11.4 Å². The largest absolute Gasteiger partial charge is 0.506 e. The van der Waals surface area contributed by atoms with Crippen LogP contribution in [0.5, 0.6) is 5.75 Å². The van der Waals surface area contributed by atoms with Gasteiger partial charge in [-0.15, -0.1) is 0 Å². The number of carbonyl (C=O) groups excluding carboxylic acids is 1. The van der Waals surface area contributed by atoms with Gasteiger partial charge in [0.25, 0.3) is 0 Å². The second-order valence-electron chi connectivity index (χ2n) is 2.79. The summed E-state index contributed by atoms with van der Waals surface area (Å²) in [5.41, 5.74) is -0.0598. The first kappa shape index (κ1) is 11.1. The molecule has 0 amide bonds. The van der Waals surface area contributed by atoms with Gasteiger partial charge in [0.05, 0.1) is 13.1 Å². The van der Waals surface area contributed by atoms with Crippen LogP contribution < -0.4 is 5.32 Å². The minimum atomic E-state index is -1.05. The SMILES string of the molecule is O=C(O)CNCC(=O)c1ncccc1O. The van der Waals surface area contributed by atoms with Crippen LogP contribution in [0, 0.1) is 0 Å². The van der Waals surface area contributed by atoms with Crippen molar-refractivity contribution in [1.82, 2.24) is 10.3 Å². The van der Waals surface area contributed by atoms with Crippen LogP contribution in [0.1, 0.15) is 10.5 Å². The van der Waals surface area contributed by atoms with Gasteiger partial charge in [-0.25, -0.2) is 4.98 Å². The molecule has 0 aromatic carbocycles. The summed E-state index contributed by atoms with van der Waals surface area (Å²) in [4.78, 5) is 25.2. The number of nitrogens with one attached hydrogen (secondary N) is 1. The summed E-state index contributed by atoms with van der Waals surface area (Å²) in [5, 5.41) is 20.0. The van der Waals surface area contributed by atoms with Crippen LogP contribution in [0.25, 0.3) is 0 Å². The summed E-state index contributed by atoms with van der Waals surface area (Å²) in [6.45, 7) is -0.476. The van der Waals surface area contributed by atoms with E-state index in [1.54, 1.807) is 0 Å². The molecule has 0 saturated carbocycles. The van der Waals surface area contributed by atoms with Gasteiger partial charge in [-0.3, -0.25) is 14.9 Å². The smallest absolute Gasteiger partial charge is 0.317 e. The van der Waals surface area contributed by atoms with E-state index >= 15 is 0 Å². The number of carbonyl (C=O) groups is 2. The van der Waals surface area contributed by atoms with Crippen LogP contribution >= 0.6 is 0 Å². The van der Waals surface area contributed by atoms with Gasteiger partial charge in [0, 0.05) is 6.20 Å². The zero-order chi connectivity index (χ0) is 11.3. The number of nitrogens with zero attached hydrogens (tertiary/aromatic N) is 1. The van der Waals surface area contributed by atoms with Gasteiger partial charge in [0.2, 0.25) is 0 Å². The van der Waals surface area contributed by atoms with Crippen molar-refractivity contribution >= 4 is 11.8 Å². The molecule has 80 valence electrons. The van der Waals surface area contributed by atoms with Crippen molar-refractivity contribution in [3.63, 3.8) is 0 Å². The van der Waals surface area contributed by atoms with Crippen LogP contribution in [0.15, 0.2) is 18.3 Å². The van der Waals surface area contributed by atoms with E-state index in [1.165, 1.54) is 18.3 Å². The molecule has 0 aliphatic carbocycles. The predicted molar refractivity (Wildman–Crippen MR) is 50.7 cm³/mol. The molecule has 0 fully saturated rings. The third-order valence-electron chi connectivity index (χ3n) is 1.61. The molecule has 0 saturated heterocycles. The second-order valence-corrected chi connectivity index (χ2v) is 2.79. The molecular formula is C9H10N2O4. The number of rotatable bonds is 5. The lowest BCUT2D eigenvalue weighted by atomic mass is 10.2. The molecule has 0 aliphatic heterocycles. The third-order valence-corrected chi connectivity index (χ3v) is 1.61. The number of Topliss-reactive ketones (excluding diaryl/α,β-unsaturated/α-hetero) is 1.